The molecular formula is C24H30N2O6. The maximum Gasteiger partial charge on any atom is 0.255 e. The number of fused-ring (bicyclic) bond motifs is 1. The van der Waals surface area contributed by atoms with Crippen LogP contribution in [0.5, 0.6) is 17.2 Å². The molecule has 0 radical (unpaired) electrons. The molecule has 1 aliphatic rings. The van der Waals surface area contributed by atoms with Crippen molar-refractivity contribution in [3.8, 4) is 17.2 Å². The Hall–Kier alpha value is -3.26. The predicted octanol–water partition coefficient (Wildman–Crippen LogP) is 3.67. The molecule has 0 spiro atoms. The van der Waals surface area contributed by atoms with Gasteiger partial charge >= 0.3 is 0 Å². The second kappa shape index (κ2) is 10.9. The van der Waals surface area contributed by atoms with Crippen molar-refractivity contribution in [2.24, 2.45) is 0 Å². The highest BCUT2D eigenvalue weighted by molar-refractivity contribution is 6.06. The number of amides is 2. The van der Waals surface area contributed by atoms with Gasteiger partial charge in [0, 0.05) is 30.6 Å². The van der Waals surface area contributed by atoms with Gasteiger partial charge in [0.25, 0.3) is 11.8 Å². The fourth-order valence-corrected chi connectivity index (χ4v) is 3.64. The lowest BCUT2D eigenvalue weighted by molar-refractivity contribution is -0.122. The summed E-state index contributed by atoms with van der Waals surface area (Å²) in [6.07, 6.45) is 0.771. The molecule has 0 fully saturated rings. The van der Waals surface area contributed by atoms with E-state index >= 15 is 0 Å². The van der Waals surface area contributed by atoms with Crippen molar-refractivity contribution < 1.29 is 28.5 Å². The molecule has 0 saturated carbocycles. The summed E-state index contributed by atoms with van der Waals surface area (Å²) in [4.78, 5) is 27.1. The lowest BCUT2D eigenvalue weighted by Crippen LogP contribution is -2.32. The van der Waals surface area contributed by atoms with E-state index in [4.69, 9.17) is 18.9 Å². The first kappa shape index (κ1) is 23.4. The van der Waals surface area contributed by atoms with Gasteiger partial charge in [-0.1, -0.05) is 6.07 Å². The van der Waals surface area contributed by atoms with Crippen LogP contribution in [0.25, 0.3) is 0 Å². The first-order chi connectivity index (χ1) is 15.5. The van der Waals surface area contributed by atoms with E-state index in [0.717, 1.165) is 17.7 Å². The SMILES string of the molecule is CCOc1cc(C(=O)Nc2ccc3c(c2)N(C(=O)COC)CC3)cc(OCC)c1OCC. The van der Waals surface area contributed by atoms with Crippen LogP contribution in [0.4, 0.5) is 11.4 Å². The number of nitrogens with zero attached hydrogens (tertiary/aromatic N) is 1. The summed E-state index contributed by atoms with van der Waals surface area (Å²) in [5, 5.41) is 2.91. The Morgan fingerprint density at radius 3 is 2.22 bits per heavy atom. The average molecular weight is 443 g/mol. The van der Waals surface area contributed by atoms with E-state index in [1.807, 2.05) is 39.0 Å². The van der Waals surface area contributed by atoms with Crippen LogP contribution >= 0.6 is 0 Å². The number of carbonyl (C=O) groups excluding carboxylic acids is 2. The van der Waals surface area contributed by atoms with E-state index in [-0.39, 0.29) is 18.4 Å². The van der Waals surface area contributed by atoms with Crippen LogP contribution in [0.3, 0.4) is 0 Å². The zero-order chi connectivity index (χ0) is 23.1. The number of rotatable bonds is 10. The molecule has 2 amide bonds. The number of nitrogens with one attached hydrogen (secondary N) is 1. The molecule has 0 aromatic heterocycles. The van der Waals surface area contributed by atoms with Crippen molar-refractivity contribution in [2.75, 3.05) is 50.3 Å². The summed E-state index contributed by atoms with van der Waals surface area (Å²) < 4.78 is 22.1. The first-order valence-corrected chi connectivity index (χ1v) is 10.8. The zero-order valence-electron chi connectivity index (χ0n) is 19.0. The van der Waals surface area contributed by atoms with E-state index in [0.29, 0.717) is 54.9 Å². The van der Waals surface area contributed by atoms with Crippen LogP contribution < -0.4 is 24.4 Å². The monoisotopic (exact) mass is 442 g/mol. The van der Waals surface area contributed by atoms with Crippen LogP contribution in [0.15, 0.2) is 30.3 Å². The minimum absolute atomic E-state index is 0.0165. The third-order valence-electron chi connectivity index (χ3n) is 4.98. The van der Waals surface area contributed by atoms with E-state index in [1.165, 1.54) is 7.11 Å². The van der Waals surface area contributed by atoms with Crippen molar-refractivity contribution in [3.05, 3.63) is 41.5 Å². The summed E-state index contributed by atoms with van der Waals surface area (Å²) in [5.74, 6) is 0.968. The van der Waals surface area contributed by atoms with Crippen molar-refractivity contribution in [1.82, 2.24) is 0 Å². The van der Waals surface area contributed by atoms with Gasteiger partial charge in [-0.15, -0.1) is 0 Å². The van der Waals surface area contributed by atoms with Crippen LogP contribution in [0, 0.1) is 0 Å². The highest BCUT2D eigenvalue weighted by atomic mass is 16.5. The topological polar surface area (TPSA) is 86.3 Å². The van der Waals surface area contributed by atoms with E-state index in [1.54, 1.807) is 17.0 Å². The van der Waals surface area contributed by atoms with Crippen molar-refractivity contribution >= 4 is 23.2 Å². The molecule has 0 unspecified atom stereocenters. The largest absolute Gasteiger partial charge is 0.490 e. The fraction of sp³-hybridized carbons (Fsp3) is 0.417. The Morgan fingerprint density at radius 2 is 1.62 bits per heavy atom. The first-order valence-electron chi connectivity index (χ1n) is 10.8. The van der Waals surface area contributed by atoms with Crippen LogP contribution in [-0.2, 0) is 16.0 Å². The van der Waals surface area contributed by atoms with Gasteiger partial charge in [-0.05, 0) is 57.0 Å². The van der Waals surface area contributed by atoms with Gasteiger partial charge in [-0.3, -0.25) is 9.59 Å². The van der Waals surface area contributed by atoms with Gasteiger partial charge < -0.3 is 29.2 Å². The number of hydrogen-bond donors (Lipinski definition) is 1. The van der Waals surface area contributed by atoms with Gasteiger partial charge in [0.1, 0.15) is 6.61 Å². The highest BCUT2D eigenvalue weighted by Crippen LogP contribution is 2.39. The normalized spacial score (nSPS) is 12.3. The summed E-state index contributed by atoms with van der Waals surface area (Å²) in [5.41, 5.74) is 2.83. The molecule has 0 bridgehead atoms. The molecule has 0 saturated heterocycles. The molecule has 8 nitrogen and oxygen atoms in total. The Morgan fingerprint density at radius 1 is 0.969 bits per heavy atom. The van der Waals surface area contributed by atoms with Gasteiger partial charge in [0.2, 0.25) is 5.75 Å². The standard InChI is InChI=1S/C24H30N2O6/c1-5-30-20-12-17(13-21(31-6-2)23(20)32-7-3)24(28)25-18-9-8-16-10-11-26(19(16)14-18)22(27)15-29-4/h8-9,12-14H,5-7,10-11,15H2,1-4H3,(H,25,28). The molecule has 172 valence electrons. The Balaban J connectivity index is 1.87. The molecule has 32 heavy (non-hydrogen) atoms. The summed E-state index contributed by atoms with van der Waals surface area (Å²) >= 11 is 0. The van der Waals surface area contributed by atoms with Crippen molar-refractivity contribution in [2.45, 2.75) is 27.2 Å². The highest BCUT2D eigenvalue weighted by Gasteiger charge is 2.25. The Bertz CT molecular complexity index is 948. The molecule has 2 aromatic rings. The number of ether oxygens (including phenoxy) is 4. The fourth-order valence-electron chi connectivity index (χ4n) is 3.64. The second-order valence-electron chi connectivity index (χ2n) is 7.13. The number of carbonyl (C=O) groups is 2. The third-order valence-corrected chi connectivity index (χ3v) is 4.98. The molecule has 3 rings (SSSR count). The van der Waals surface area contributed by atoms with E-state index < -0.39 is 0 Å². The summed E-state index contributed by atoms with van der Waals surface area (Å²) in [7, 11) is 1.50. The maximum atomic E-state index is 13.1. The van der Waals surface area contributed by atoms with E-state index in [2.05, 4.69) is 5.32 Å². The summed E-state index contributed by atoms with van der Waals surface area (Å²) in [6, 6.07) is 8.88. The third kappa shape index (κ3) is 5.13. The van der Waals surface area contributed by atoms with Crippen molar-refractivity contribution in [3.63, 3.8) is 0 Å². The van der Waals surface area contributed by atoms with Crippen LogP contribution in [0.1, 0.15) is 36.7 Å². The minimum Gasteiger partial charge on any atom is -0.490 e. The van der Waals surface area contributed by atoms with Crippen molar-refractivity contribution in [1.29, 1.82) is 0 Å². The summed E-state index contributed by atoms with van der Waals surface area (Å²) in [6.45, 7) is 7.51. The zero-order valence-corrected chi connectivity index (χ0v) is 19.0. The van der Waals surface area contributed by atoms with Gasteiger partial charge in [0.15, 0.2) is 11.5 Å². The predicted molar refractivity (Wildman–Crippen MR) is 122 cm³/mol. The van der Waals surface area contributed by atoms with Crippen LogP contribution in [-0.4, -0.2) is 51.9 Å². The Labute approximate surface area is 188 Å². The molecule has 0 atom stereocenters. The smallest absolute Gasteiger partial charge is 0.255 e. The molecule has 0 aliphatic carbocycles. The Kier molecular flexibility index (Phi) is 7.94. The lowest BCUT2D eigenvalue weighted by atomic mass is 10.1. The number of benzene rings is 2. The molecule has 1 heterocycles. The number of anilines is 2. The van der Waals surface area contributed by atoms with E-state index in [9.17, 15) is 9.59 Å². The number of hydrogen-bond acceptors (Lipinski definition) is 6. The minimum atomic E-state index is -0.317. The molecule has 8 heteroatoms. The van der Waals surface area contributed by atoms with Gasteiger partial charge in [-0.25, -0.2) is 0 Å². The second-order valence-corrected chi connectivity index (χ2v) is 7.13. The number of methoxy groups -OCH3 is 1. The molecule has 1 aliphatic heterocycles. The molecular weight excluding hydrogens is 412 g/mol. The lowest BCUT2D eigenvalue weighted by Gasteiger charge is -2.18. The van der Waals surface area contributed by atoms with Crippen LogP contribution in [0.2, 0.25) is 0 Å². The van der Waals surface area contributed by atoms with Gasteiger partial charge in [0.05, 0.1) is 19.8 Å². The molecule has 1 N–H and O–H groups in total. The maximum absolute atomic E-state index is 13.1. The quantitative estimate of drug-likeness (QED) is 0.604. The molecule has 2 aromatic carbocycles. The van der Waals surface area contributed by atoms with Gasteiger partial charge in [-0.2, -0.15) is 0 Å². The average Bonchev–Trinajstić information content (AvgIpc) is 3.19.